The summed E-state index contributed by atoms with van der Waals surface area (Å²) in [6.45, 7) is 4.69. The van der Waals surface area contributed by atoms with Gasteiger partial charge in [-0.05, 0) is 19.4 Å². The van der Waals surface area contributed by atoms with Crippen LogP contribution < -0.4 is 10.5 Å². The fraction of sp³-hybridized carbons (Fsp3) is 0.450. The highest BCUT2D eigenvalue weighted by Gasteiger charge is 2.37. The molecule has 150 valence electrons. The van der Waals surface area contributed by atoms with E-state index in [1.54, 1.807) is 20.9 Å². The molecule has 7 nitrogen and oxygen atoms in total. The van der Waals surface area contributed by atoms with Gasteiger partial charge in [0.25, 0.3) is 5.91 Å². The maximum atomic E-state index is 14.6. The average Bonchev–Trinajstić information content (AvgIpc) is 3.04. The topological polar surface area (TPSA) is 84.6 Å². The Kier molecular flexibility index (Phi) is 6.08. The molecule has 2 N–H and O–H groups in total. The number of likely N-dealkylation sites (N-methyl/N-ethyl adjacent to an activating group) is 1. The lowest BCUT2D eigenvalue weighted by molar-refractivity contribution is -0.135. The molecule has 1 fully saturated rings. The molecule has 2 heterocycles. The van der Waals surface area contributed by atoms with Crippen molar-refractivity contribution in [2.75, 3.05) is 32.5 Å². The van der Waals surface area contributed by atoms with E-state index >= 15 is 0 Å². The zero-order valence-corrected chi connectivity index (χ0v) is 16.4. The van der Waals surface area contributed by atoms with E-state index in [0.717, 1.165) is 5.56 Å². The largest absolute Gasteiger partial charge is 0.453 e. The first-order valence-corrected chi connectivity index (χ1v) is 9.24. The summed E-state index contributed by atoms with van der Waals surface area (Å²) in [5.74, 6) is -0.315. The lowest BCUT2D eigenvalue weighted by Gasteiger charge is -2.26. The number of amides is 1. The second kappa shape index (κ2) is 8.52. The predicted octanol–water partition coefficient (Wildman–Crippen LogP) is 1.74. The van der Waals surface area contributed by atoms with Crippen LogP contribution >= 0.6 is 0 Å². The number of carbonyl (C=O) groups is 1. The van der Waals surface area contributed by atoms with Gasteiger partial charge in [0.05, 0.1) is 23.1 Å². The molecule has 2 aromatic rings. The summed E-state index contributed by atoms with van der Waals surface area (Å²) in [5, 5.41) is 0. The number of rotatable bonds is 6. The van der Waals surface area contributed by atoms with Crippen LogP contribution in [0.15, 0.2) is 30.3 Å². The molecule has 0 radical (unpaired) electrons. The third-order valence-electron chi connectivity index (χ3n) is 5.07. The molecule has 1 amide bonds. The quantitative estimate of drug-likeness (QED) is 0.813. The summed E-state index contributed by atoms with van der Waals surface area (Å²) in [6.07, 6.45) is -1.10. The van der Waals surface area contributed by atoms with Gasteiger partial charge in [-0.2, -0.15) is 9.97 Å². The highest BCUT2D eigenvalue weighted by Crippen LogP contribution is 2.21. The molecule has 0 saturated carbocycles. The number of alkyl halides is 1. The first-order chi connectivity index (χ1) is 13.3. The van der Waals surface area contributed by atoms with Crippen molar-refractivity contribution >= 4 is 11.6 Å². The number of ether oxygens (including phenoxy) is 1. The number of likely N-dealkylation sites (tertiary alicyclic amines) is 1. The lowest BCUT2D eigenvalue weighted by atomic mass is 10.2. The van der Waals surface area contributed by atoms with Crippen LogP contribution in [0.5, 0.6) is 6.01 Å². The Morgan fingerprint density at radius 3 is 2.54 bits per heavy atom. The van der Waals surface area contributed by atoms with Gasteiger partial charge >= 0.3 is 6.01 Å². The Morgan fingerprint density at radius 2 is 1.89 bits per heavy atom. The number of halogens is 1. The zero-order valence-electron chi connectivity index (χ0n) is 16.4. The summed E-state index contributed by atoms with van der Waals surface area (Å²) in [4.78, 5) is 24.2. The summed E-state index contributed by atoms with van der Waals surface area (Å²) in [5.41, 5.74) is 8.64. The van der Waals surface area contributed by atoms with E-state index in [2.05, 4.69) is 9.97 Å². The van der Waals surface area contributed by atoms with Crippen molar-refractivity contribution in [3.05, 3.63) is 47.3 Å². The zero-order chi connectivity index (χ0) is 20.3. The number of carbonyl (C=O) groups excluding carboxylic acids is 1. The number of aromatic nitrogens is 2. The van der Waals surface area contributed by atoms with Crippen LogP contribution in [0.1, 0.15) is 17.0 Å². The minimum absolute atomic E-state index is 0.0971. The number of hydrogen-bond donors (Lipinski definition) is 1. The molecule has 1 aromatic carbocycles. The second-order valence-electron chi connectivity index (χ2n) is 7.15. The maximum absolute atomic E-state index is 14.6. The van der Waals surface area contributed by atoms with E-state index in [9.17, 15) is 9.18 Å². The molecule has 3 rings (SSSR count). The highest BCUT2D eigenvalue weighted by atomic mass is 19.1. The van der Waals surface area contributed by atoms with Crippen LogP contribution in [0, 0.1) is 13.8 Å². The lowest BCUT2D eigenvalue weighted by Crippen LogP contribution is -2.45. The van der Waals surface area contributed by atoms with Crippen LogP contribution in [0.4, 0.5) is 10.1 Å². The van der Waals surface area contributed by atoms with Gasteiger partial charge in [-0.15, -0.1) is 0 Å². The van der Waals surface area contributed by atoms with Crippen LogP contribution in [-0.4, -0.2) is 64.6 Å². The van der Waals surface area contributed by atoms with E-state index in [-0.39, 0.29) is 18.5 Å². The van der Waals surface area contributed by atoms with E-state index in [4.69, 9.17) is 10.5 Å². The Hall–Kier alpha value is -2.74. The molecule has 2 atom stereocenters. The fourth-order valence-corrected chi connectivity index (χ4v) is 3.33. The molecule has 1 saturated heterocycles. The van der Waals surface area contributed by atoms with Gasteiger partial charge in [-0.3, -0.25) is 9.69 Å². The van der Waals surface area contributed by atoms with Crippen LogP contribution in [0.2, 0.25) is 0 Å². The molecular formula is C20H26FN5O2. The molecule has 1 aromatic heterocycles. The van der Waals surface area contributed by atoms with Crippen molar-refractivity contribution in [2.24, 2.45) is 0 Å². The highest BCUT2D eigenvalue weighted by molar-refractivity contribution is 5.78. The Bertz CT molecular complexity index is 810. The summed E-state index contributed by atoms with van der Waals surface area (Å²) < 4.78 is 20.0. The normalized spacial score (nSPS) is 19.6. The average molecular weight is 387 g/mol. The van der Waals surface area contributed by atoms with E-state index < -0.39 is 12.2 Å². The summed E-state index contributed by atoms with van der Waals surface area (Å²) in [7, 11) is 1.61. The molecule has 8 heteroatoms. The second-order valence-corrected chi connectivity index (χ2v) is 7.15. The molecule has 28 heavy (non-hydrogen) atoms. The van der Waals surface area contributed by atoms with Gasteiger partial charge in [0, 0.05) is 26.7 Å². The number of hydrogen-bond acceptors (Lipinski definition) is 6. The summed E-state index contributed by atoms with van der Waals surface area (Å²) in [6, 6.07) is 9.50. The van der Waals surface area contributed by atoms with Crippen molar-refractivity contribution < 1.29 is 13.9 Å². The van der Waals surface area contributed by atoms with E-state index in [1.165, 1.54) is 4.90 Å². The van der Waals surface area contributed by atoms with Gasteiger partial charge in [-0.25, -0.2) is 4.39 Å². The number of anilines is 1. The number of aryl methyl sites for hydroxylation is 2. The van der Waals surface area contributed by atoms with Gasteiger partial charge in [0.15, 0.2) is 6.61 Å². The number of benzene rings is 1. The third kappa shape index (κ3) is 4.56. The maximum Gasteiger partial charge on any atom is 0.317 e. The monoisotopic (exact) mass is 387 g/mol. The number of nitrogen functional groups attached to an aromatic ring is 1. The van der Waals surface area contributed by atoms with Crippen molar-refractivity contribution in [1.82, 2.24) is 19.8 Å². The van der Waals surface area contributed by atoms with E-state index in [0.29, 0.717) is 36.7 Å². The first-order valence-electron chi connectivity index (χ1n) is 9.24. The third-order valence-corrected chi connectivity index (χ3v) is 5.07. The van der Waals surface area contributed by atoms with Crippen molar-refractivity contribution in [1.29, 1.82) is 0 Å². The molecule has 1 aliphatic heterocycles. The van der Waals surface area contributed by atoms with Crippen molar-refractivity contribution in [3.63, 3.8) is 0 Å². The first kappa shape index (κ1) is 20.0. The standard InChI is InChI=1S/C20H26FN5O2/c1-13-19(22)14(2)24-20(23-13)28-12-18(27)25(3)17-11-26(10-16(17)21)9-15-7-5-4-6-8-15/h4-8,16-17H,9-12,22H2,1-3H3. The van der Waals surface area contributed by atoms with Gasteiger partial charge in [0.1, 0.15) is 6.17 Å². The summed E-state index contributed by atoms with van der Waals surface area (Å²) >= 11 is 0. The Balaban J connectivity index is 1.55. The Morgan fingerprint density at radius 1 is 1.25 bits per heavy atom. The fourth-order valence-electron chi connectivity index (χ4n) is 3.33. The van der Waals surface area contributed by atoms with Gasteiger partial charge in [0.2, 0.25) is 0 Å². The molecular weight excluding hydrogens is 361 g/mol. The van der Waals surface area contributed by atoms with Gasteiger partial charge in [-0.1, -0.05) is 30.3 Å². The minimum atomic E-state index is -1.10. The van der Waals surface area contributed by atoms with Crippen LogP contribution in [0.3, 0.4) is 0 Å². The van der Waals surface area contributed by atoms with Crippen LogP contribution in [0.25, 0.3) is 0 Å². The molecule has 0 bridgehead atoms. The van der Waals surface area contributed by atoms with Crippen molar-refractivity contribution in [3.8, 4) is 6.01 Å². The van der Waals surface area contributed by atoms with Crippen LogP contribution in [-0.2, 0) is 11.3 Å². The van der Waals surface area contributed by atoms with Gasteiger partial charge < -0.3 is 15.4 Å². The number of nitrogens with two attached hydrogens (primary N) is 1. The molecule has 2 unspecified atom stereocenters. The molecule has 1 aliphatic rings. The SMILES string of the molecule is Cc1nc(OCC(=O)N(C)C2CN(Cc3ccccc3)CC2F)nc(C)c1N. The Labute approximate surface area is 164 Å². The van der Waals surface area contributed by atoms with E-state index in [1.807, 2.05) is 35.2 Å². The smallest absolute Gasteiger partial charge is 0.317 e. The number of nitrogens with zero attached hydrogens (tertiary/aromatic N) is 4. The predicted molar refractivity (Wildman–Crippen MR) is 105 cm³/mol. The van der Waals surface area contributed by atoms with Crippen molar-refractivity contribution in [2.45, 2.75) is 32.6 Å². The molecule has 0 aliphatic carbocycles. The minimum Gasteiger partial charge on any atom is -0.453 e. The molecule has 0 spiro atoms.